The minimum atomic E-state index is -3.83. The van der Waals surface area contributed by atoms with Crippen LogP contribution >= 0.6 is 45.8 Å². The molecule has 0 atom stereocenters. The normalized spacial score (nSPS) is 11.2. The van der Waals surface area contributed by atoms with Gasteiger partial charge in [-0.15, -0.1) is 0 Å². The SMILES string of the molecule is COc1ccc(S(=O)(=O)Nc2ccc(I)cc2)c(Cl)c1Cl. The predicted octanol–water partition coefficient (Wildman–Crippen LogP) is 4.41. The minimum Gasteiger partial charge on any atom is -0.495 e. The highest BCUT2D eigenvalue weighted by atomic mass is 127. The summed E-state index contributed by atoms with van der Waals surface area (Å²) in [5.41, 5.74) is 0.443. The molecule has 112 valence electrons. The number of halogens is 3. The van der Waals surface area contributed by atoms with Crippen LogP contribution in [0.25, 0.3) is 0 Å². The molecule has 0 aliphatic rings. The van der Waals surface area contributed by atoms with Gasteiger partial charge in [-0.1, -0.05) is 23.2 Å². The van der Waals surface area contributed by atoms with Gasteiger partial charge in [0.25, 0.3) is 10.0 Å². The van der Waals surface area contributed by atoms with Gasteiger partial charge < -0.3 is 4.74 Å². The molecule has 0 fully saturated rings. The van der Waals surface area contributed by atoms with Gasteiger partial charge >= 0.3 is 0 Å². The molecular weight excluding hydrogens is 448 g/mol. The van der Waals surface area contributed by atoms with E-state index in [-0.39, 0.29) is 14.9 Å². The van der Waals surface area contributed by atoms with Gasteiger partial charge in [0.1, 0.15) is 15.7 Å². The monoisotopic (exact) mass is 457 g/mol. The van der Waals surface area contributed by atoms with E-state index in [1.807, 2.05) is 0 Å². The third-order valence-electron chi connectivity index (χ3n) is 2.62. The lowest BCUT2D eigenvalue weighted by Gasteiger charge is -2.12. The van der Waals surface area contributed by atoms with Gasteiger partial charge in [0, 0.05) is 9.26 Å². The molecule has 4 nitrogen and oxygen atoms in total. The molecule has 0 saturated heterocycles. The Kier molecular flexibility index (Phi) is 5.24. The van der Waals surface area contributed by atoms with Gasteiger partial charge in [-0.2, -0.15) is 0 Å². The summed E-state index contributed by atoms with van der Waals surface area (Å²) in [5.74, 6) is 0.315. The van der Waals surface area contributed by atoms with Crippen molar-refractivity contribution in [3.63, 3.8) is 0 Å². The van der Waals surface area contributed by atoms with Crippen molar-refractivity contribution < 1.29 is 13.2 Å². The van der Waals surface area contributed by atoms with Gasteiger partial charge in [0.2, 0.25) is 0 Å². The van der Waals surface area contributed by atoms with E-state index < -0.39 is 10.0 Å². The molecule has 2 aromatic rings. The Morgan fingerprint density at radius 2 is 1.67 bits per heavy atom. The second kappa shape index (κ2) is 6.60. The number of hydrogen-bond donors (Lipinski definition) is 1. The fourth-order valence-electron chi connectivity index (χ4n) is 1.61. The summed E-state index contributed by atoms with van der Waals surface area (Å²) in [6.07, 6.45) is 0. The quantitative estimate of drug-likeness (QED) is 0.692. The fourth-order valence-corrected chi connectivity index (χ4v) is 3.87. The van der Waals surface area contributed by atoms with Crippen molar-refractivity contribution in [2.45, 2.75) is 4.90 Å². The lowest BCUT2D eigenvalue weighted by atomic mass is 10.3. The Hall–Kier alpha value is -0.700. The number of sulfonamides is 1. The first-order valence-electron chi connectivity index (χ1n) is 5.65. The van der Waals surface area contributed by atoms with E-state index in [1.54, 1.807) is 24.3 Å². The average molecular weight is 458 g/mol. The molecule has 0 amide bonds. The highest BCUT2D eigenvalue weighted by molar-refractivity contribution is 14.1. The number of hydrogen-bond acceptors (Lipinski definition) is 3. The van der Waals surface area contributed by atoms with Crippen LogP contribution in [0.3, 0.4) is 0 Å². The summed E-state index contributed by atoms with van der Waals surface area (Å²) in [6, 6.07) is 9.72. The lowest BCUT2D eigenvalue weighted by Crippen LogP contribution is -2.13. The third-order valence-corrected chi connectivity index (χ3v) is 5.74. The Bertz CT molecular complexity index is 764. The number of benzene rings is 2. The summed E-state index contributed by atoms with van der Waals surface area (Å²) >= 11 is 14.1. The maximum Gasteiger partial charge on any atom is 0.263 e. The van der Waals surface area contributed by atoms with E-state index in [9.17, 15) is 8.42 Å². The van der Waals surface area contributed by atoms with Crippen LogP contribution in [0.2, 0.25) is 10.0 Å². The summed E-state index contributed by atoms with van der Waals surface area (Å²) in [7, 11) is -2.40. The van der Waals surface area contributed by atoms with Gasteiger partial charge in [-0.05, 0) is 59.0 Å². The Morgan fingerprint density at radius 1 is 1.05 bits per heavy atom. The van der Waals surface area contributed by atoms with Crippen molar-refractivity contribution >= 4 is 61.5 Å². The first-order chi connectivity index (χ1) is 9.85. The van der Waals surface area contributed by atoms with Crippen LogP contribution in [0.4, 0.5) is 5.69 Å². The number of anilines is 1. The van der Waals surface area contributed by atoms with Crippen molar-refractivity contribution in [2.24, 2.45) is 0 Å². The summed E-state index contributed by atoms with van der Waals surface area (Å²) in [4.78, 5) is -0.103. The molecular formula is C13H10Cl2INO3S. The zero-order valence-corrected chi connectivity index (χ0v) is 15.2. The van der Waals surface area contributed by atoms with E-state index in [2.05, 4.69) is 27.3 Å². The maximum absolute atomic E-state index is 12.4. The molecule has 0 spiro atoms. The second-order valence-corrected chi connectivity index (χ2v) is 7.66. The molecule has 0 radical (unpaired) electrons. The molecule has 0 aliphatic heterocycles. The zero-order valence-electron chi connectivity index (χ0n) is 10.7. The van der Waals surface area contributed by atoms with Crippen LogP contribution in [-0.2, 0) is 10.0 Å². The summed E-state index contributed by atoms with van der Waals surface area (Å²) in [6.45, 7) is 0. The highest BCUT2D eigenvalue weighted by Gasteiger charge is 2.22. The van der Waals surface area contributed by atoms with Crippen molar-refractivity contribution in [3.8, 4) is 5.75 Å². The largest absolute Gasteiger partial charge is 0.495 e. The number of nitrogens with one attached hydrogen (secondary N) is 1. The predicted molar refractivity (Wildman–Crippen MR) is 93.0 cm³/mol. The van der Waals surface area contributed by atoms with Crippen LogP contribution in [0.5, 0.6) is 5.75 Å². The van der Waals surface area contributed by atoms with Crippen LogP contribution < -0.4 is 9.46 Å². The van der Waals surface area contributed by atoms with E-state index in [4.69, 9.17) is 27.9 Å². The molecule has 0 saturated carbocycles. The maximum atomic E-state index is 12.4. The van der Waals surface area contributed by atoms with Crippen LogP contribution in [0.15, 0.2) is 41.3 Å². The first-order valence-corrected chi connectivity index (χ1v) is 8.97. The lowest BCUT2D eigenvalue weighted by molar-refractivity contribution is 0.414. The number of rotatable bonds is 4. The van der Waals surface area contributed by atoms with E-state index in [0.29, 0.717) is 11.4 Å². The molecule has 2 rings (SSSR count). The molecule has 8 heteroatoms. The van der Waals surface area contributed by atoms with Crippen molar-refractivity contribution in [2.75, 3.05) is 11.8 Å². The van der Waals surface area contributed by atoms with E-state index in [1.165, 1.54) is 19.2 Å². The van der Waals surface area contributed by atoms with Gasteiger partial charge in [-0.25, -0.2) is 8.42 Å². The zero-order chi connectivity index (χ0) is 15.6. The Balaban J connectivity index is 2.40. The van der Waals surface area contributed by atoms with E-state index >= 15 is 0 Å². The molecule has 0 aliphatic carbocycles. The van der Waals surface area contributed by atoms with Crippen LogP contribution in [-0.4, -0.2) is 15.5 Å². The van der Waals surface area contributed by atoms with Gasteiger partial charge in [0.15, 0.2) is 0 Å². The highest BCUT2D eigenvalue weighted by Crippen LogP contribution is 2.37. The van der Waals surface area contributed by atoms with Crippen LogP contribution in [0.1, 0.15) is 0 Å². The van der Waals surface area contributed by atoms with Gasteiger partial charge in [0.05, 0.1) is 12.1 Å². The Morgan fingerprint density at radius 3 is 2.24 bits per heavy atom. The average Bonchev–Trinajstić information content (AvgIpc) is 2.44. The topological polar surface area (TPSA) is 55.4 Å². The van der Waals surface area contributed by atoms with Crippen molar-refractivity contribution in [3.05, 3.63) is 50.0 Å². The summed E-state index contributed by atoms with van der Waals surface area (Å²) in [5, 5.41) is -0.0151. The third kappa shape index (κ3) is 3.74. The second-order valence-electron chi connectivity index (χ2n) is 4.01. The molecule has 0 heterocycles. The van der Waals surface area contributed by atoms with Crippen molar-refractivity contribution in [1.29, 1.82) is 0 Å². The smallest absolute Gasteiger partial charge is 0.263 e. The van der Waals surface area contributed by atoms with Gasteiger partial charge in [-0.3, -0.25) is 4.72 Å². The molecule has 21 heavy (non-hydrogen) atoms. The molecule has 0 unspecified atom stereocenters. The van der Waals surface area contributed by atoms with Crippen LogP contribution in [0, 0.1) is 3.57 Å². The Labute approximate surface area is 146 Å². The first kappa shape index (κ1) is 16.7. The standard InChI is InChI=1S/C13H10Cl2INO3S/c1-20-10-6-7-11(13(15)12(10)14)21(18,19)17-9-4-2-8(16)3-5-9/h2-7,17H,1H3. The minimum absolute atomic E-state index is 0.0599. The molecule has 2 aromatic carbocycles. The number of methoxy groups -OCH3 is 1. The molecule has 1 N–H and O–H groups in total. The fraction of sp³-hybridized carbons (Fsp3) is 0.0769. The van der Waals surface area contributed by atoms with Crippen molar-refractivity contribution in [1.82, 2.24) is 0 Å². The molecule has 0 aromatic heterocycles. The summed E-state index contributed by atoms with van der Waals surface area (Å²) < 4.78 is 33.2. The van der Waals surface area contributed by atoms with E-state index in [0.717, 1.165) is 3.57 Å². The molecule has 0 bridgehead atoms. The number of ether oxygens (including phenoxy) is 1.